The van der Waals surface area contributed by atoms with E-state index in [9.17, 15) is 24.6 Å². The van der Waals surface area contributed by atoms with Crippen LogP contribution < -0.4 is 9.64 Å². The first-order valence-corrected chi connectivity index (χ1v) is 12.0. The number of amides is 1. The molecule has 2 heterocycles. The van der Waals surface area contributed by atoms with Crippen molar-refractivity contribution in [1.29, 1.82) is 0 Å². The van der Waals surface area contributed by atoms with Gasteiger partial charge in [-0.25, -0.2) is 9.78 Å². The molecule has 0 spiro atoms. The van der Waals surface area contributed by atoms with Crippen LogP contribution in [0.2, 0.25) is 0 Å². The van der Waals surface area contributed by atoms with Crippen LogP contribution in [0.25, 0.3) is 5.76 Å². The number of carbonyl (C=O) groups is 3. The van der Waals surface area contributed by atoms with Crippen LogP contribution in [0.3, 0.4) is 0 Å². The highest BCUT2D eigenvalue weighted by Gasteiger charge is 2.48. The fraction of sp³-hybridized carbons (Fsp3) is 0.231. The summed E-state index contributed by atoms with van der Waals surface area (Å²) < 4.78 is 10.4. The monoisotopic (exact) mass is 508 g/mol. The molecule has 36 heavy (non-hydrogen) atoms. The molecule has 1 aliphatic heterocycles. The quantitative estimate of drug-likeness (QED) is 0.209. The molecule has 1 atom stereocenters. The summed E-state index contributed by atoms with van der Waals surface area (Å²) in [5.41, 5.74) is 0.823. The van der Waals surface area contributed by atoms with Crippen LogP contribution in [0.5, 0.6) is 11.5 Å². The number of methoxy groups -OCH3 is 1. The molecule has 1 amide bonds. The number of anilines is 1. The van der Waals surface area contributed by atoms with Crippen molar-refractivity contribution in [2.45, 2.75) is 26.3 Å². The van der Waals surface area contributed by atoms with Gasteiger partial charge >= 0.3 is 11.9 Å². The Morgan fingerprint density at radius 2 is 1.92 bits per heavy atom. The molecule has 2 aromatic carbocycles. The highest BCUT2D eigenvalue weighted by Crippen LogP contribution is 2.44. The van der Waals surface area contributed by atoms with E-state index in [1.165, 1.54) is 19.2 Å². The Kier molecular flexibility index (Phi) is 7.07. The highest BCUT2D eigenvalue weighted by molar-refractivity contribution is 7.17. The van der Waals surface area contributed by atoms with Crippen molar-refractivity contribution in [3.63, 3.8) is 0 Å². The van der Waals surface area contributed by atoms with Crippen LogP contribution in [0.1, 0.15) is 45.9 Å². The number of benzene rings is 2. The van der Waals surface area contributed by atoms with Gasteiger partial charge in [-0.05, 0) is 43.2 Å². The zero-order valence-corrected chi connectivity index (χ0v) is 20.7. The zero-order valence-electron chi connectivity index (χ0n) is 19.8. The zero-order chi connectivity index (χ0) is 26.0. The lowest BCUT2D eigenvalue weighted by atomic mass is 9.95. The average Bonchev–Trinajstić information content (AvgIpc) is 3.38. The molecule has 3 aromatic rings. The molecule has 0 saturated carbocycles. The maximum absolute atomic E-state index is 13.3. The number of hydrogen-bond acceptors (Lipinski definition) is 9. The van der Waals surface area contributed by atoms with Crippen molar-refractivity contribution in [3.05, 3.63) is 75.8 Å². The summed E-state index contributed by atoms with van der Waals surface area (Å²) in [7, 11) is 1.23. The molecule has 0 aliphatic carbocycles. The van der Waals surface area contributed by atoms with Crippen molar-refractivity contribution in [1.82, 2.24) is 4.98 Å². The van der Waals surface area contributed by atoms with E-state index < -0.39 is 29.5 Å². The van der Waals surface area contributed by atoms with Gasteiger partial charge in [0.2, 0.25) is 0 Å². The molecule has 0 radical (unpaired) electrons. The number of Topliss-reactive ketones (excluding diaryl/α,β-unsaturated/α-hetero) is 1. The van der Waals surface area contributed by atoms with Crippen molar-refractivity contribution in [2.75, 3.05) is 18.6 Å². The lowest BCUT2D eigenvalue weighted by molar-refractivity contribution is -0.132. The number of nitrogens with zero attached hydrogens (tertiary/aromatic N) is 2. The number of aliphatic hydroxyl groups excluding tert-OH is 1. The highest BCUT2D eigenvalue weighted by atomic mass is 32.1. The summed E-state index contributed by atoms with van der Waals surface area (Å²) in [6, 6.07) is 11.5. The van der Waals surface area contributed by atoms with Gasteiger partial charge in [0, 0.05) is 5.56 Å². The predicted molar refractivity (Wildman–Crippen MR) is 133 cm³/mol. The van der Waals surface area contributed by atoms with Crippen molar-refractivity contribution < 1.29 is 34.1 Å². The first-order chi connectivity index (χ1) is 17.3. The van der Waals surface area contributed by atoms with Crippen LogP contribution >= 0.6 is 11.3 Å². The summed E-state index contributed by atoms with van der Waals surface area (Å²) in [6.07, 6.45) is 0.791. The lowest BCUT2D eigenvalue weighted by Crippen LogP contribution is -2.29. The number of aliphatic hydroxyl groups is 1. The maximum atomic E-state index is 13.3. The minimum Gasteiger partial charge on any atom is -0.508 e. The fourth-order valence-electron chi connectivity index (χ4n) is 3.92. The molecule has 1 fully saturated rings. The number of aromatic nitrogens is 1. The number of esters is 1. The number of phenolic OH excluding ortho intramolecular Hbond substituents is 1. The standard InChI is InChI=1S/C26H24N2O7S/c1-4-11-35-18-10-6-8-16(13-18)21(30)19-20(15-7-5-9-17(29)12-15)28(24(32)22(19)31)26-27-14(2)23(36-26)25(33)34-3/h5-10,12-13,20,29-30H,4,11H2,1-3H3. The normalized spacial score (nSPS) is 16.9. The van der Waals surface area contributed by atoms with Gasteiger partial charge in [0.25, 0.3) is 5.78 Å². The number of phenols is 1. The van der Waals surface area contributed by atoms with Crippen LogP contribution in [0, 0.1) is 6.92 Å². The fourth-order valence-corrected chi connectivity index (χ4v) is 4.93. The second-order valence-electron chi connectivity index (χ2n) is 8.04. The summed E-state index contributed by atoms with van der Waals surface area (Å²) in [5, 5.41) is 21.5. The maximum Gasteiger partial charge on any atom is 0.350 e. The molecular formula is C26H24N2O7S. The Labute approximate surface area is 211 Å². The third-order valence-electron chi connectivity index (χ3n) is 5.57. The number of ether oxygens (including phenoxy) is 2. The van der Waals surface area contributed by atoms with Crippen molar-refractivity contribution in [3.8, 4) is 11.5 Å². The Morgan fingerprint density at radius 3 is 2.61 bits per heavy atom. The van der Waals surface area contributed by atoms with E-state index in [0.29, 0.717) is 23.6 Å². The van der Waals surface area contributed by atoms with Crippen molar-refractivity contribution in [2.24, 2.45) is 0 Å². The Morgan fingerprint density at radius 1 is 1.17 bits per heavy atom. The SMILES string of the molecule is CCCOc1cccc(C(O)=C2C(=O)C(=O)N(c3nc(C)c(C(=O)OC)s3)C2c2cccc(O)c2)c1. The van der Waals surface area contributed by atoms with E-state index in [0.717, 1.165) is 22.7 Å². The first kappa shape index (κ1) is 24.9. The van der Waals surface area contributed by atoms with E-state index in [2.05, 4.69) is 4.98 Å². The van der Waals surface area contributed by atoms with E-state index in [-0.39, 0.29) is 26.9 Å². The number of carbonyl (C=O) groups excluding carboxylic acids is 3. The van der Waals surface area contributed by atoms with Gasteiger partial charge in [-0.1, -0.05) is 42.5 Å². The van der Waals surface area contributed by atoms with Gasteiger partial charge in [-0.3, -0.25) is 14.5 Å². The molecule has 186 valence electrons. The van der Waals surface area contributed by atoms with Gasteiger partial charge in [-0.2, -0.15) is 0 Å². The smallest absolute Gasteiger partial charge is 0.350 e. The molecule has 0 bridgehead atoms. The molecule has 1 unspecified atom stereocenters. The molecule has 9 nitrogen and oxygen atoms in total. The topological polar surface area (TPSA) is 126 Å². The van der Waals surface area contributed by atoms with E-state index in [1.54, 1.807) is 43.3 Å². The number of hydrogen-bond donors (Lipinski definition) is 2. The van der Waals surface area contributed by atoms with Crippen LogP contribution in [-0.4, -0.2) is 46.6 Å². The number of aryl methyl sites for hydroxylation is 1. The molecule has 4 rings (SSSR count). The largest absolute Gasteiger partial charge is 0.508 e. The second-order valence-corrected chi connectivity index (χ2v) is 9.02. The molecule has 1 aliphatic rings. The number of thiazole rings is 1. The molecule has 2 N–H and O–H groups in total. The third-order valence-corrected chi connectivity index (χ3v) is 6.71. The minimum atomic E-state index is -1.10. The third kappa shape index (κ3) is 4.55. The van der Waals surface area contributed by atoms with Crippen molar-refractivity contribution >= 4 is 39.9 Å². The van der Waals surface area contributed by atoms with Gasteiger partial charge in [0.15, 0.2) is 5.13 Å². The second kappa shape index (κ2) is 10.2. The van der Waals surface area contributed by atoms with Gasteiger partial charge in [0.1, 0.15) is 22.1 Å². The van der Waals surface area contributed by atoms with E-state index >= 15 is 0 Å². The Balaban J connectivity index is 1.90. The van der Waals surface area contributed by atoms with Gasteiger partial charge in [0.05, 0.1) is 31.0 Å². The van der Waals surface area contributed by atoms with Crippen LogP contribution in [0.4, 0.5) is 5.13 Å². The summed E-state index contributed by atoms with van der Waals surface area (Å²) in [6.45, 7) is 4.03. The molecule has 1 saturated heterocycles. The average molecular weight is 509 g/mol. The minimum absolute atomic E-state index is 0.0846. The summed E-state index contributed by atoms with van der Waals surface area (Å²) >= 11 is 0.899. The van der Waals surface area contributed by atoms with E-state index in [1.807, 2.05) is 6.92 Å². The Hall–Kier alpha value is -4.18. The van der Waals surface area contributed by atoms with Gasteiger partial charge < -0.3 is 19.7 Å². The lowest BCUT2D eigenvalue weighted by Gasteiger charge is -2.23. The number of ketones is 1. The molecular weight excluding hydrogens is 484 g/mol. The van der Waals surface area contributed by atoms with Gasteiger partial charge in [-0.15, -0.1) is 0 Å². The van der Waals surface area contributed by atoms with E-state index in [4.69, 9.17) is 9.47 Å². The number of rotatable bonds is 7. The predicted octanol–water partition coefficient (Wildman–Crippen LogP) is 4.36. The Bertz CT molecular complexity index is 1380. The van der Waals surface area contributed by atoms with Crippen LogP contribution in [-0.2, 0) is 14.3 Å². The van der Waals surface area contributed by atoms with Crippen LogP contribution in [0.15, 0.2) is 54.1 Å². The summed E-state index contributed by atoms with van der Waals surface area (Å²) in [4.78, 5) is 44.4. The molecule has 1 aromatic heterocycles. The summed E-state index contributed by atoms with van der Waals surface area (Å²) in [5.74, 6) is -2.44. The first-order valence-electron chi connectivity index (χ1n) is 11.2. The number of aromatic hydroxyl groups is 1. The molecule has 10 heteroatoms.